The summed E-state index contributed by atoms with van der Waals surface area (Å²) in [5, 5.41) is 2.21. The Hall–Kier alpha value is -1.54. The zero-order valence-corrected chi connectivity index (χ0v) is 12.2. The highest BCUT2D eigenvalue weighted by molar-refractivity contribution is 6.18. The number of nitrogens with zero attached hydrogens (tertiary/aromatic N) is 1. The number of hydrogen-bond donors (Lipinski definition) is 0. The van der Waals surface area contributed by atoms with Crippen LogP contribution in [0, 0.1) is 0 Å². The Balaban J connectivity index is 2.36. The molecule has 0 aliphatic rings. The first kappa shape index (κ1) is 13.9. The molecule has 0 unspecified atom stereocenters. The maximum atomic E-state index is 12.5. The van der Waals surface area contributed by atoms with Crippen LogP contribution in [0.2, 0.25) is 0 Å². The summed E-state index contributed by atoms with van der Waals surface area (Å²) in [5.41, 5.74) is 0.337. The molecular formula is C16H18ClNO. The number of rotatable bonds is 3. The van der Waals surface area contributed by atoms with Gasteiger partial charge < -0.3 is 4.90 Å². The van der Waals surface area contributed by atoms with Gasteiger partial charge >= 0.3 is 0 Å². The van der Waals surface area contributed by atoms with Crippen molar-refractivity contribution < 1.29 is 4.79 Å². The monoisotopic (exact) mass is 275 g/mol. The zero-order chi connectivity index (χ0) is 14.0. The first-order valence-electron chi connectivity index (χ1n) is 6.28. The van der Waals surface area contributed by atoms with Crippen molar-refractivity contribution in [2.24, 2.45) is 0 Å². The van der Waals surface area contributed by atoms with E-state index in [9.17, 15) is 4.79 Å². The average Bonchev–Trinajstić information content (AvgIpc) is 2.45. The van der Waals surface area contributed by atoms with Gasteiger partial charge in [-0.15, -0.1) is 11.6 Å². The lowest BCUT2D eigenvalue weighted by Crippen LogP contribution is -2.46. The normalized spacial score (nSPS) is 11.6. The van der Waals surface area contributed by atoms with Crippen molar-refractivity contribution in [2.45, 2.75) is 19.4 Å². The summed E-state index contributed by atoms with van der Waals surface area (Å²) in [5.74, 6) is 0.402. The van der Waals surface area contributed by atoms with Gasteiger partial charge in [0.05, 0.1) is 5.54 Å². The lowest BCUT2D eigenvalue weighted by Gasteiger charge is -2.34. The summed E-state index contributed by atoms with van der Waals surface area (Å²) in [6.45, 7) is 3.91. The fourth-order valence-corrected chi connectivity index (χ4v) is 2.06. The Kier molecular flexibility index (Phi) is 3.81. The topological polar surface area (TPSA) is 20.3 Å². The van der Waals surface area contributed by atoms with Crippen LogP contribution < -0.4 is 0 Å². The number of benzene rings is 2. The van der Waals surface area contributed by atoms with Crippen molar-refractivity contribution in [3.63, 3.8) is 0 Å². The van der Waals surface area contributed by atoms with Gasteiger partial charge in [-0.05, 0) is 36.8 Å². The van der Waals surface area contributed by atoms with Crippen molar-refractivity contribution in [1.29, 1.82) is 0 Å². The summed E-state index contributed by atoms with van der Waals surface area (Å²) < 4.78 is 0. The molecule has 0 spiro atoms. The highest BCUT2D eigenvalue weighted by Crippen LogP contribution is 2.20. The fourth-order valence-electron chi connectivity index (χ4n) is 1.88. The lowest BCUT2D eigenvalue weighted by atomic mass is 10.0. The summed E-state index contributed by atoms with van der Waals surface area (Å²) >= 11 is 5.92. The maximum absolute atomic E-state index is 12.5. The van der Waals surface area contributed by atoms with E-state index in [0.717, 1.165) is 10.8 Å². The number of halogens is 1. The molecule has 19 heavy (non-hydrogen) atoms. The second-order valence-corrected chi connectivity index (χ2v) is 5.64. The molecular weight excluding hydrogens is 258 g/mol. The average molecular weight is 276 g/mol. The molecule has 0 atom stereocenters. The van der Waals surface area contributed by atoms with E-state index in [2.05, 4.69) is 0 Å². The van der Waals surface area contributed by atoms with Gasteiger partial charge in [0.15, 0.2) is 0 Å². The zero-order valence-electron chi connectivity index (χ0n) is 11.5. The van der Waals surface area contributed by atoms with Gasteiger partial charge in [0.25, 0.3) is 5.91 Å². The molecule has 0 aliphatic carbocycles. The van der Waals surface area contributed by atoms with Crippen LogP contribution in [-0.4, -0.2) is 29.3 Å². The lowest BCUT2D eigenvalue weighted by molar-refractivity contribution is 0.0660. The highest BCUT2D eigenvalue weighted by atomic mass is 35.5. The fraction of sp³-hybridized carbons (Fsp3) is 0.312. The van der Waals surface area contributed by atoms with Gasteiger partial charge in [0.2, 0.25) is 0 Å². The quantitative estimate of drug-likeness (QED) is 0.777. The van der Waals surface area contributed by atoms with Gasteiger partial charge in [-0.25, -0.2) is 0 Å². The molecule has 0 bridgehead atoms. The van der Waals surface area contributed by atoms with Crippen LogP contribution in [0.4, 0.5) is 0 Å². The molecule has 2 nitrogen and oxygen atoms in total. The molecule has 0 radical (unpaired) electrons. The smallest absolute Gasteiger partial charge is 0.254 e. The van der Waals surface area contributed by atoms with Gasteiger partial charge in [0, 0.05) is 18.5 Å². The van der Waals surface area contributed by atoms with E-state index in [1.54, 1.807) is 11.9 Å². The summed E-state index contributed by atoms with van der Waals surface area (Å²) in [6, 6.07) is 13.8. The second kappa shape index (κ2) is 5.22. The third-order valence-electron chi connectivity index (χ3n) is 3.54. The Labute approximate surface area is 119 Å². The molecule has 100 valence electrons. The van der Waals surface area contributed by atoms with Gasteiger partial charge in [-0.3, -0.25) is 4.79 Å². The van der Waals surface area contributed by atoms with Gasteiger partial charge in [0.1, 0.15) is 0 Å². The summed E-state index contributed by atoms with van der Waals surface area (Å²) in [7, 11) is 1.79. The molecule has 0 N–H and O–H groups in total. The summed E-state index contributed by atoms with van der Waals surface area (Å²) in [4.78, 5) is 14.2. The third-order valence-corrected chi connectivity index (χ3v) is 4.19. The number of carbonyl (C=O) groups excluding carboxylic acids is 1. The Bertz CT molecular complexity index is 606. The SMILES string of the molecule is CN(C(=O)c1ccc2ccccc2c1)C(C)(C)CCl. The van der Waals surface area contributed by atoms with Crippen molar-refractivity contribution in [3.8, 4) is 0 Å². The van der Waals surface area contributed by atoms with Crippen LogP contribution in [0.3, 0.4) is 0 Å². The minimum atomic E-state index is -0.357. The molecule has 0 heterocycles. The van der Waals surface area contributed by atoms with Gasteiger partial charge in [-0.2, -0.15) is 0 Å². The molecule has 0 saturated heterocycles. The van der Waals surface area contributed by atoms with Crippen LogP contribution in [0.15, 0.2) is 42.5 Å². The summed E-state index contributed by atoms with van der Waals surface area (Å²) in [6.07, 6.45) is 0. The van der Waals surface area contributed by atoms with Crippen LogP contribution in [0.5, 0.6) is 0 Å². The molecule has 3 heteroatoms. The van der Waals surface area contributed by atoms with Crippen molar-refractivity contribution in [2.75, 3.05) is 12.9 Å². The number of alkyl halides is 1. The number of amides is 1. The minimum Gasteiger partial charge on any atom is -0.335 e. The molecule has 2 aromatic carbocycles. The first-order chi connectivity index (χ1) is 8.95. The number of fused-ring (bicyclic) bond motifs is 1. The molecule has 2 aromatic rings. The molecule has 0 fully saturated rings. The Morgan fingerprint density at radius 2 is 1.79 bits per heavy atom. The van der Waals surface area contributed by atoms with Crippen LogP contribution in [-0.2, 0) is 0 Å². The maximum Gasteiger partial charge on any atom is 0.254 e. The molecule has 1 amide bonds. The number of hydrogen-bond acceptors (Lipinski definition) is 1. The Morgan fingerprint density at radius 1 is 1.16 bits per heavy atom. The van der Waals surface area contributed by atoms with E-state index in [4.69, 9.17) is 11.6 Å². The van der Waals surface area contributed by atoms with Crippen LogP contribution >= 0.6 is 11.6 Å². The van der Waals surface area contributed by atoms with E-state index in [-0.39, 0.29) is 11.4 Å². The van der Waals surface area contributed by atoms with Crippen molar-refractivity contribution >= 4 is 28.3 Å². The molecule has 0 aliphatic heterocycles. The number of carbonyl (C=O) groups is 1. The van der Waals surface area contributed by atoms with Gasteiger partial charge in [-0.1, -0.05) is 30.3 Å². The first-order valence-corrected chi connectivity index (χ1v) is 6.82. The standard InChI is InChI=1S/C16H18ClNO/c1-16(2,11-17)18(3)15(19)14-9-8-12-6-4-5-7-13(12)10-14/h4-10H,11H2,1-3H3. The molecule has 0 aromatic heterocycles. The van der Waals surface area contributed by atoms with Crippen molar-refractivity contribution in [1.82, 2.24) is 4.90 Å². The van der Waals surface area contributed by atoms with E-state index in [0.29, 0.717) is 11.4 Å². The largest absolute Gasteiger partial charge is 0.335 e. The predicted molar refractivity (Wildman–Crippen MR) is 80.8 cm³/mol. The van der Waals surface area contributed by atoms with E-state index in [1.165, 1.54) is 0 Å². The molecule has 0 saturated carbocycles. The van der Waals surface area contributed by atoms with E-state index < -0.39 is 0 Å². The van der Waals surface area contributed by atoms with E-state index >= 15 is 0 Å². The predicted octanol–water partition coefficient (Wildman–Crippen LogP) is 3.93. The van der Waals surface area contributed by atoms with E-state index in [1.807, 2.05) is 56.3 Å². The van der Waals surface area contributed by atoms with Crippen LogP contribution in [0.1, 0.15) is 24.2 Å². The molecule has 2 rings (SSSR count). The third kappa shape index (κ3) is 2.74. The minimum absolute atomic E-state index is 0.00333. The van der Waals surface area contributed by atoms with Crippen molar-refractivity contribution in [3.05, 3.63) is 48.0 Å². The highest BCUT2D eigenvalue weighted by Gasteiger charge is 2.27. The second-order valence-electron chi connectivity index (χ2n) is 5.37. The van der Waals surface area contributed by atoms with Crippen LogP contribution in [0.25, 0.3) is 10.8 Å². The Morgan fingerprint density at radius 3 is 2.42 bits per heavy atom.